The van der Waals surface area contributed by atoms with Crippen molar-refractivity contribution in [2.24, 2.45) is 7.05 Å². The molecule has 0 saturated carbocycles. The van der Waals surface area contributed by atoms with Gasteiger partial charge in [-0.15, -0.1) is 0 Å². The number of rotatable bonds is 9. The van der Waals surface area contributed by atoms with E-state index >= 15 is 0 Å². The predicted octanol–water partition coefficient (Wildman–Crippen LogP) is 1.76. The molecule has 3 aliphatic rings. The molecule has 0 aliphatic carbocycles. The van der Waals surface area contributed by atoms with Gasteiger partial charge in [-0.1, -0.05) is 24.3 Å². The maximum absolute atomic E-state index is 14.1. The topological polar surface area (TPSA) is 140 Å². The number of sulfonamides is 1. The zero-order valence-electron chi connectivity index (χ0n) is 23.3. The van der Waals surface area contributed by atoms with Crippen LogP contribution in [0.5, 0.6) is 0 Å². The van der Waals surface area contributed by atoms with Crippen molar-refractivity contribution < 1.29 is 32.3 Å². The number of hydrogen-bond acceptors (Lipinski definition) is 8. The minimum Gasteiger partial charge on any atom is -0.376 e. The summed E-state index contributed by atoms with van der Waals surface area (Å²) in [6.45, 7) is 0.662. The van der Waals surface area contributed by atoms with Gasteiger partial charge in [-0.3, -0.25) is 14.4 Å². The van der Waals surface area contributed by atoms with Crippen LogP contribution >= 0.6 is 0 Å². The van der Waals surface area contributed by atoms with E-state index in [9.17, 15) is 22.8 Å². The second kappa shape index (κ2) is 11.5. The third-order valence-electron chi connectivity index (χ3n) is 8.09. The van der Waals surface area contributed by atoms with E-state index in [2.05, 4.69) is 5.32 Å². The van der Waals surface area contributed by atoms with Gasteiger partial charge in [-0.05, 0) is 49.9 Å². The maximum atomic E-state index is 14.1. The molecule has 0 spiro atoms. The second-order valence-electron chi connectivity index (χ2n) is 10.8. The van der Waals surface area contributed by atoms with Crippen LogP contribution in [-0.4, -0.2) is 90.0 Å². The first-order chi connectivity index (χ1) is 20.3. The summed E-state index contributed by atoms with van der Waals surface area (Å²) in [6, 6.07) is 12.0. The lowest BCUT2D eigenvalue weighted by atomic mass is 10.1. The molecule has 13 heteroatoms. The van der Waals surface area contributed by atoms with Crippen molar-refractivity contribution >= 4 is 38.8 Å². The molecule has 4 heterocycles. The lowest BCUT2D eigenvalue weighted by Gasteiger charge is -2.33. The van der Waals surface area contributed by atoms with Crippen LogP contribution in [0.25, 0.3) is 11.0 Å². The Hall–Kier alpha value is -3.81. The molecule has 1 aromatic heterocycles. The average molecular weight is 596 g/mol. The fraction of sp³-hybridized carbons (Fsp3) is 0.448. The first-order valence-electron chi connectivity index (χ1n) is 14.1. The van der Waals surface area contributed by atoms with Crippen LogP contribution in [0.1, 0.15) is 47.9 Å². The third-order valence-corrected chi connectivity index (χ3v) is 9.88. The summed E-state index contributed by atoms with van der Waals surface area (Å²) >= 11 is 0. The number of carbonyl (C=O) groups excluding carboxylic acids is 3. The molecule has 42 heavy (non-hydrogen) atoms. The molecule has 1 N–H and O–H groups in total. The van der Waals surface area contributed by atoms with Gasteiger partial charge in [0.05, 0.1) is 28.8 Å². The van der Waals surface area contributed by atoms with E-state index < -0.39 is 40.3 Å². The Morgan fingerprint density at radius 2 is 1.74 bits per heavy atom. The smallest absolute Gasteiger partial charge is 0.269 e. The van der Waals surface area contributed by atoms with Crippen molar-refractivity contribution in [2.75, 3.05) is 32.8 Å². The van der Waals surface area contributed by atoms with Crippen molar-refractivity contribution in [2.45, 2.75) is 48.8 Å². The normalized spacial score (nSPS) is 21.9. The van der Waals surface area contributed by atoms with E-state index in [1.807, 2.05) is 24.3 Å². The Bertz CT molecular complexity index is 1630. The molecule has 3 amide bonds. The Balaban J connectivity index is 1.37. The molecular formula is C29H33N5O7S. The lowest BCUT2D eigenvalue weighted by Crippen LogP contribution is -2.51. The van der Waals surface area contributed by atoms with E-state index in [1.165, 1.54) is 23.1 Å². The Morgan fingerprint density at radius 3 is 2.43 bits per heavy atom. The zero-order chi connectivity index (χ0) is 29.4. The maximum Gasteiger partial charge on any atom is 0.269 e. The summed E-state index contributed by atoms with van der Waals surface area (Å²) in [5, 5.41) is 2.94. The predicted molar refractivity (Wildman–Crippen MR) is 151 cm³/mol. The molecule has 0 unspecified atom stereocenters. The third kappa shape index (κ3) is 5.16. The molecule has 0 bridgehead atoms. The molecular weight excluding hydrogens is 562 g/mol. The number of nitrogens with zero attached hydrogens (tertiary/aromatic N) is 4. The minimum absolute atomic E-state index is 0.0113. The SMILES string of the molecule is Cn1c([C@H](C(=O)NC[C@@H]2CCCO2)N(C[C@@H]2CCCO2)C(=O)CN2C(=O)c3ccccc3S2(=O)=O)nc2ccccc21. The quantitative estimate of drug-likeness (QED) is 0.395. The highest BCUT2D eigenvalue weighted by atomic mass is 32.2. The van der Waals surface area contributed by atoms with Crippen LogP contribution in [0.4, 0.5) is 0 Å². The van der Waals surface area contributed by atoms with E-state index in [0.29, 0.717) is 35.3 Å². The van der Waals surface area contributed by atoms with Gasteiger partial charge in [0.1, 0.15) is 17.3 Å². The van der Waals surface area contributed by atoms with Gasteiger partial charge in [-0.25, -0.2) is 17.7 Å². The Kier molecular flexibility index (Phi) is 7.73. The van der Waals surface area contributed by atoms with Crippen LogP contribution in [0.2, 0.25) is 0 Å². The van der Waals surface area contributed by atoms with Crippen LogP contribution in [0, 0.1) is 0 Å². The van der Waals surface area contributed by atoms with Crippen LogP contribution in [-0.2, 0) is 36.1 Å². The van der Waals surface area contributed by atoms with Crippen molar-refractivity contribution in [3.8, 4) is 0 Å². The summed E-state index contributed by atoms with van der Waals surface area (Å²) in [4.78, 5) is 47.2. The van der Waals surface area contributed by atoms with Crippen LogP contribution < -0.4 is 5.32 Å². The highest BCUT2D eigenvalue weighted by molar-refractivity contribution is 7.90. The van der Waals surface area contributed by atoms with Crippen LogP contribution in [0.15, 0.2) is 53.4 Å². The number of aryl methyl sites for hydroxylation is 1. The van der Waals surface area contributed by atoms with Crippen molar-refractivity contribution in [3.05, 3.63) is 59.9 Å². The van der Waals surface area contributed by atoms with Crippen molar-refractivity contribution in [1.82, 2.24) is 24.1 Å². The summed E-state index contributed by atoms with van der Waals surface area (Å²) < 4.78 is 40.4. The van der Waals surface area contributed by atoms with E-state index in [-0.39, 0.29) is 35.8 Å². The number of ether oxygens (including phenoxy) is 2. The summed E-state index contributed by atoms with van der Waals surface area (Å²) in [7, 11) is -2.48. The molecule has 12 nitrogen and oxygen atoms in total. The lowest BCUT2D eigenvalue weighted by molar-refractivity contribution is -0.143. The molecule has 2 aromatic carbocycles. The van der Waals surface area contributed by atoms with Gasteiger partial charge in [-0.2, -0.15) is 0 Å². The number of amides is 3. The fourth-order valence-corrected chi connectivity index (χ4v) is 7.40. The van der Waals surface area contributed by atoms with Gasteiger partial charge in [0.15, 0.2) is 6.04 Å². The Labute approximate surface area is 243 Å². The van der Waals surface area contributed by atoms with Gasteiger partial charge < -0.3 is 24.3 Å². The number of hydrogen-bond donors (Lipinski definition) is 1. The van der Waals surface area contributed by atoms with Gasteiger partial charge in [0.25, 0.3) is 21.8 Å². The van der Waals surface area contributed by atoms with E-state index in [4.69, 9.17) is 14.5 Å². The number of carbonyl (C=O) groups is 3. The molecule has 6 rings (SSSR count). The molecule has 2 saturated heterocycles. The molecule has 3 aliphatic heterocycles. The summed E-state index contributed by atoms with van der Waals surface area (Å²) in [5.41, 5.74) is 1.42. The second-order valence-corrected chi connectivity index (χ2v) is 12.6. The number of nitrogens with one attached hydrogen (secondary N) is 1. The van der Waals surface area contributed by atoms with Gasteiger partial charge >= 0.3 is 0 Å². The molecule has 3 atom stereocenters. The monoisotopic (exact) mass is 595 g/mol. The minimum atomic E-state index is -4.24. The number of para-hydroxylation sites is 2. The van der Waals surface area contributed by atoms with Gasteiger partial charge in [0, 0.05) is 33.4 Å². The summed E-state index contributed by atoms with van der Waals surface area (Å²) in [6.07, 6.45) is 2.68. The first-order valence-corrected chi connectivity index (χ1v) is 15.6. The standard InChI is InChI=1S/C29H33N5O7S/c1-32-23-12-4-3-11-22(23)31-27(32)26(28(36)30-16-19-8-6-14-40-19)33(17-20-9-7-15-41-20)25(35)18-34-29(37)21-10-2-5-13-24(21)42(34,38)39/h2-5,10-13,19-20,26H,6-9,14-18H2,1H3,(H,30,36)/t19-,20-,26+/m0/s1. The largest absolute Gasteiger partial charge is 0.376 e. The molecule has 3 aromatic rings. The van der Waals surface area contributed by atoms with Crippen LogP contribution in [0.3, 0.4) is 0 Å². The first kappa shape index (κ1) is 28.3. The number of benzene rings is 2. The highest BCUT2D eigenvalue weighted by Gasteiger charge is 2.45. The molecule has 0 radical (unpaired) electrons. The Morgan fingerprint density at radius 1 is 1.05 bits per heavy atom. The number of imidazole rings is 1. The highest BCUT2D eigenvalue weighted by Crippen LogP contribution is 2.32. The molecule has 2 fully saturated rings. The van der Waals surface area contributed by atoms with Crippen molar-refractivity contribution in [1.29, 1.82) is 0 Å². The van der Waals surface area contributed by atoms with Crippen molar-refractivity contribution in [3.63, 3.8) is 0 Å². The zero-order valence-corrected chi connectivity index (χ0v) is 24.1. The number of aromatic nitrogens is 2. The summed E-state index contributed by atoms with van der Waals surface area (Å²) in [5.74, 6) is -1.65. The fourth-order valence-electron chi connectivity index (χ4n) is 5.88. The van der Waals surface area contributed by atoms with Gasteiger partial charge in [0.2, 0.25) is 5.91 Å². The van der Waals surface area contributed by atoms with E-state index in [1.54, 1.807) is 17.7 Å². The number of fused-ring (bicyclic) bond motifs is 2. The van der Waals surface area contributed by atoms with E-state index in [0.717, 1.165) is 24.8 Å². The average Bonchev–Trinajstić information content (AvgIpc) is 3.79. The molecule has 222 valence electrons.